The molecule has 0 amide bonds. The van der Waals surface area contributed by atoms with Crippen molar-refractivity contribution in [1.29, 1.82) is 0 Å². The molecule has 0 unspecified atom stereocenters. The summed E-state index contributed by atoms with van der Waals surface area (Å²) >= 11 is 1.56. The molecule has 3 aliphatic rings. The minimum absolute atomic E-state index is 0.576. The van der Waals surface area contributed by atoms with Crippen molar-refractivity contribution in [3.05, 3.63) is 48.0 Å². The number of fused-ring (bicyclic) bond motifs is 2. The molecule has 0 aliphatic carbocycles. The first-order valence-corrected chi connectivity index (χ1v) is 13.5. The van der Waals surface area contributed by atoms with Crippen LogP contribution < -0.4 is 4.90 Å². The topological polar surface area (TPSA) is 9.72 Å². The molecule has 0 radical (unpaired) electrons. The van der Waals surface area contributed by atoms with Gasteiger partial charge in [0.25, 0.3) is 0 Å². The molecule has 0 bridgehead atoms. The van der Waals surface area contributed by atoms with Crippen molar-refractivity contribution in [3.8, 4) is 0 Å². The number of hydrogen-bond donors (Lipinski definition) is 0. The van der Waals surface area contributed by atoms with Gasteiger partial charge >= 0.3 is 6.18 Å². The van der Waals surface area contributed by atoms with E-state index in [9.17, 15) is 13.2 Å². The van der Waals surface area contributed by atoms with Gasteiger partial charge in [0, 0.05) is 22.4 Å². The van der Waals surface area contributed by atoms with Crippen molar-refractivity contribution in [1.82, 2.24) is 9.80 Å². The number of benzene rings is 2. The molecule has 2 aromatic carbocycles. The Hall–Kier alpha value is -1.70. The van der Waals surface area contributed by atoms with Gasteiger partial charge in [0.2, 0.25) is 0 Å². The van der Waals surface area contributed by atoms with Gasteiger partial charge in [0.1, 0.15) is 0 Å². The van der Waals surface area contributed by atoms with Crippen LogP contribution in [0.25, 0.3) is 0 Å². The van der Waals surface area contributed by atoms with Crippen LogP contribution in [0.5, 0.6) is 0 Å². The van der Waals surface area contributed by atoms with Crippen molar-refractivity contribution in [3.63, 3.8) is 0 Å². The van der Waals surface area contributed by atoms with E-state index < -0.39 is 11.7 Å². The Balaban J connectivity index is 1.18. The van der Waals surface area contributed by atoms with Gasteiger partial charge in [0.15, 0.2) is 0 Å². The van der Waals surface area contributed by atoms with Crippen LogP contribution in [0.3, 0.4) is 0 Å². The van der Waals surface area contributed by atoms with Gasteiger partial charge in [-0.3, -0.25) is 0 Å². The van der Waals surface area contributed by atoms with Gasteiger partial charge in [0.05, 0.1) is 16.9 Å². The lowest BCUT2D eigenvalue weighted by Crippen LogP contribution is -2.46. The van der Waals surface area contributed by atoms with E-state index in [4.69, 9.17) is 0 Å². The van der Waals surface area contributed by atoms with E-state index in [0.29, 0.717) is 5.69 Å². The lowest BCUT2D eigenvalue weighted by atomic mass is 10.00. The quantitative estimate of drug-likeness (QED) is 0.403. The number of para-hydroxylation sites is 1. The van der Waals surface area contributed by atoms with E-state index in [1.54, 1.807) is 17.8 Å². The third kappa shape index (κ3) is 5.42. The summed E-state index contributed by atoms with van der Waals surface area (Å²) in [5, 5.41) is 0. The Kier molecular flexibility index (Phi) is 7.42. The normalized spacial score (nSPS) is 20.3. The molecule has 3 nitrogen and oxygen atoms in total. The molecular weight excluding hydrogens is 455 g/mol. The summed E-state index contributed by atoms with van der Waals surface area (Å²) in [6.45, 7) is 6.70. The Morgan fingerprint density at radius 2 is 1.50 bits per heavy atom. The highest BCUT2D eigenvalue weighted by atomic mass is 32.2. The molecule has 0 aromatic heterocycles. The Morgan fingerprint density at radius 1 is 0.794 bits per heavy atom. The van der Waals surface area contributed by atoms with Gasteiger partial charge in [-0.1, -0.05) is 30.3 Å². The van der Waals surface area contributed by atoms with E-state index in [0.717, 1.165) is 47.5 Å². The predicted octanol–water partition coefficient (Wildman–Crippen LogP) is 7.04. The minimum Gasteiger partial charge on any atom is -0.340 e. The number of unbranched alkanes of at least 4 members (excludes halogenated alkanes) is 1. The third-order valence-electron chi connectivity index (χ3n) is 7.52. The van der Waals surface area contributed by atoms with Crippen LogP contribution in [-0.4, -0.2) is 55.1 Å². The second-order valence-electron chi connectivity index (χ2n) is 9.78. The number of alkyl halides is 3. The summed E-state index contributed by atoms with van der Waals surface area (Å²) in [7, 11) is 0. The zero-order valence-electron chi connectivity index (χ0n) is 19.7. The van der Waals surface area contributed by atoms with E-state index >= 15 is 0 Å². The summed E-state index contributed by atoms with van der Waals surface area (Å²) in [6.07, 6.45) is 4.32. The lowest BCUT2D eigenvalue weighted by Gasteiger charge is -2.40. The summed E-state index contributed by atoms with van der Waals surface area (Å²) < 4.78 is 40.2. The van der Waals surface area contributed by atoms with Crippen LogP contribution in [0, 0.1) is 0 Å². The fourth-order valence-corrected chi connectivity index (χ4v) is 6.72. The number of piperidine rings is 2. The number of anilines is 2. The van der Waals surface area contributed by atoms with Crippen LogP contribution in [0.4, 0.5) is 24.5 Å². The monoisotopic (exact) mass is 489 g/mol. The molecule has 2 saturated heterocycles. The van der Waals surface area contributed by atoms with Gasteiger partial charge in [-0.15, -0.1) is 0 Å². The molecule has 2 fully saturated rings. The number of rotatable bonds is 6. The largest absolute Gasteiger partial charge is 0.416 e. The SMILES string of the molecule is FC(F)(F)c1ccc2c(c1)N(CCCCN1CCC(N3CCCCC3)CC1)c1ccccc1S2. The minimum atomic E-state index is -4.33. The second kappa shape index (κ2) is 10.5. The third-order valence-corrected chi connectivity index (χ3v) is 8.65. The van der Waals surface area contributed by atoms with Crippen molar-refractivity contribution in [2.45, 2.75) is 67.0 Å². The molecule has 0 saturated carbocycles. The highest BCUT2D eigenvalue weighted by molar-refractivity contribution is 7.99. The van der Waals surface area contributed by atoms with Crippen LogP contribution in [0.15, 0.2) is 52.3 Å². The van der Waals surface area contributed by atoms with E-state index in [-0.39, 0.29) is 0 Å². The van der Waals surface area contributed by atoms with Gasteiger partial charge in [-0.2, -0.15) is 13.2 Å². The summed E-state index contributed by atoms with van der Waals surface area (Å²) in [6, 6.07) is 13.0. The maximum absolute atomic E-state index is 13.4. The number of nitrogens with zero attached hydrogens (tertiary/aromatic N) is 3. The zero-order chi connectivity index (χ0) is 23.5. The average molecular weight is 490 g/mol. The van der Waals surface area contributed by atoms with Crippen LogP contribution in [0.1, 0.15) is 50.5 Å². The first-order chi connectivity index (χ1) is 16.5. The average Bonchev–Trinajstić information content (AvgIpc) is 2.86. The number of halogens is 3. The van der Waals surface area contributed by atoms with Crippen molar-refractivity contribution in [2.24, 2.45) is 0 Å². The molecule has 5 rings (SSSR count). The standard InChI is InChI=1S/C27H34F3N3S/c28-27(29,30)21-10-11-26-24(20-21)33(23-8-2-3-9-25(23)34-26)17-7-6-14-31-18-12-22(13-19-31)32-15-4-1-5-16-32/h2-3,8-11,20,22H,1,4-7,12-19H2. The van der Waals surface area contributed by atoms with Crippen molar-refractivity contribution in [2.75, 3.05) is 44.2 Å². The van der Waals surface area contributed by atoms with Gasteiger partial charge < -0.3 is 14.7 Å². The van der Waals surface area contributed by atoms with Crippen LogP contribution >= 0.6 is 11.8 Å². The number of likely N-dealkylation sites (tertiary alicyclic amines) is 2. The van der Waals surface area contributed by atoms with Crippen molar-refractivity contribution < 1.29 is 13.2 Å². The zero-order valence-corrected chi connectivity index (χ0v) is 20.5. The maximum atomic E-state index is 13.4. The summed E-state index contributed by atoms with van der Waals surface area (Å²) in [4.78, 5) is 9.38. The van der Waals surface area contributed by atoms with Gasteiger partial charge in [-0.05, 0) is 102 Å². The fraction of sp³-hybridized carbons (Fsp3) is 0.556. The fourth-order valence-electron chi connectivity index (χ4n) is 5.64. The number of hydrogen-bond acceptors (Lipinski definition) is 4. The Labute approximate surface area is 205 Å². The summed E-state index contributed by atoms with van der Waals surface area (Å²) in [5.74, 6) is 0. The molecule has 3 heterocycles. The van der Waals surface area contributed by atoms with Crippen LogP contribution in [0.2, 0.25) is 0 Å². The molecule has 0 spiro atoms. The molecular formula is C27H34F3N3S. The molecule has 0 N–H and O–H groups in total. The molecule has 3 aliphatic heterocycles. The Morgan fingerprint density at radius 3 is 2.26 bits per heavy atom. The second-order valence-corrected chi connectivity index (χ2v) is 10.9. The lowest BCUT2D eigenvalue weighted by molar-refractivity contribution is -0.137. The molecule has 184 valence electrons. The highest BCUT2D eigenvalue weighted by Crippen LogP contribution is 2.49. The molecule has 34 heavy (non-hydrogen) atoms. The first kappa shape index (κ1) is 24.0. The molecule has 7 heteroatoms. The molecule has 0 atom stereocenters. The van der Waals surface area contributed by atoms with E-state index in [1.807, 2.05) is 18.2 Å². The maximum Gasteiger partial charge on any atom is 0.416 e. The predicted molar refractivity (Wildman–Crippen MR) is 133 cm³/mol. The van der Waals surface area contributed by atoms with E-state index in [2.05, 4.69) is 20.8 Å². The highest BCUT2D eigenvalue weighted by Gasteiger charge is 2.33. The smallest absolute Gasteiger partial charge is 0.340 e. The van der Waals surface area contributed by atoms with E-state index in [1.165, 1.54) is 70.4 Å². The van der Waals surface area contributed by atoms with Crippen molar-refractivity contribution >= 4 is 23.1 Å². The summed E-state index contributed by atoms with van der Waals surface area (Å²) in [5.41, 5.74) is 1.12. The Bertz CT molecular complexity index is 966. The van der Waals surface area contributed by atoms with Gasteiger partial charge in [-0.25, -0.2) is 0 Å². The first-order valence-electron chi connectivity index (χ1n) is 12.7. The molecule has 2 aromatic rings. The van der Waals surface area contributed by atoms with Crippen LogP contribution in [-0.2, 0) is 6.18 Å².